The molecule has 1 aromatic heterocycles. The second-order valence-electron chi connectivity index (χ2n) is 5.73. The third-order valence-electron chi connectivity index (χ3n) is 2.95. The fourth-order valence-electron chi connectivity index (χ4n) is 1.62. The minimum atomic E-state index is -0.428. The topological polar surface area (TPSA) is 75.1 Å². The van der Waals surface area contributed by atoms with Gasteiger partial charge in [0.25, 0.3) is 5.91 Å². The fourth-order valence-corrected chi connectivity index (χ4v) is 2.24. The first-order chi connectivity index (χ1) is 8.86. The molecule has 0 unspecified atom stereocenters. The molecule has 19 heavy (non-hydrogen) atoms. The molecule has 1 atom stereocenters. The van der Waals surface area contributed by atoms with Gasteiger partial charge in [-0.3, -0.25) is 4.79 Å². The van der Waals surface area contributed by atoms with E-state index in [-0.39, 0.29) is 11.3 Å². The number of aromatic nitrogens is 2. The molecule has 2 N–H and O–H groups in total. The maximum atomic E-state index is 12.0. The average molecular weight is 285 g/mol. The highest BCUT2D eigenvalue weighted by molar-refractivity contribution is 7.08. The molecule has 1 heterocycles. The Labute approximate surface area is 118 Å². The first-order valence-electron chi connectivity index (χ1n) is 6.63. The number of aliphatic hydroxyl groups is 1. The van der Waals surface area contributed by atoms with Gasteiger partial charge in [-0.25, -0.2) is 0 Å². The summed E-state index contributed by atoms with van der Waals surface area (Å²) in [6.45, 7) is 8.44. The molecule has 1 amide bonds. The predicted molar refractivity (Wildman–Crippen MR) is 76.3 cm³/mol. The van der Waals surface area contributed by atoms with Crippen LogP contribution in [0, 0.1) is 5.41 Å². The van der Waals surface area contributed by atoms with E-state index in [0.29, 0.717) is 17.8 Å². The summed E-state index contributed by atoms with van der Waals surface area (Å²) in [5, 5.41) is 16.7. The first-order valence-corrected chi connectivity index (χ1v) is 7.41. The summed E-state index contributed by atoms with van der Waals surface area (Å²) in [4.78, 5) is 12.6. The van der Waals surface area contributed by atoms with Gasteiger partial charge < -0.3 is 10.4 Å². The first kappa shape index (κ1) is 16.0. The Morgan fingerprint density at radius 1 is 1.47 bits per heavy atom. The van der Waals surface area contributed by atoms with Crippen LogP contribution in [0.4, 0.5) is 0 Å². The minimum Gasteiger partial charge on any atom is -0.393 e. The van der Waals surface area contributed by atoms with E-state index in [2.05, 4.69) is 14.9 Å². The van der Waals surface area contributed by atoms with Crippen LogP contribution < -0.4 is 5.32 Å². The molecule has 0 fully saturated rings. The van der Waals surface area contributed by atoms with Crippen LogP contribution in [0.3, 0.4) is 0 Å². The molecule has 0 aromatic carbocycles. The molecule has 1 aromatic rings. The van der Waals surface area contributed by atoms with Crippen molar-refractivity contribution in [3.05, 3.63) is 10.6 Å². The van der Waals surface area contributed by atoms with Crippen molar-refractivity contribution >= 4 is 17.4 Å². The second-order valence-corrected chi connectivity index (χ2v) is 6.48. The van der Waals surface area contributed by atoms with Crippen LogP contribution in [-0.4, -0.2) is 33.2 Å². The monoisotopic (exact) mass is 285 g/mol. The van der Waals surface area contributed by atoms with E-state index in [1.54, 1.807) is 0 Å². The molecule has 0 aliphatic heterocycles. The lowest BCUT2D eigenvalue weighted by molar-refractivity contribution is 0.0551. The lowest BCUT2D eigenvalue weighted by Gasteiger charge is -2.25. The van der Waals surface area contributed by atoms with Gasteiger partial charge in [-0.15, -0.1) is 5.10 Å². The summed E-state index contributed by atoms with van der Waals surface area (Å²) in [6.07, 6.45) is 1.82. The summed E-state index contributed by atoms with van der Waals surface area (Å²) in [7, 11) is 0. The largest absolute Gasteiger partial charge is 0.393 e. The van der Waals surface area contributed by atoms with Crippen LogP contribution in [0.5, 0.6) is 0 Å². The number of aliphatic hydroxyl groups excluding tert-OH is 1. The van der Waals surface area contributed by atoms with Gasteiger partial charge >= 0.3 is 0 Å². The van der Waals surface area contributed by atoms with Crippen LogP contribution in [0.2, 0.25) is 0 Å². The minimum absolute atomic E-state index is 0.139. The summed E-state index contributed by atoms with van der Waals surface area (Å²) >= 11 is 1.13. The van der Waals surface area contributed by atoms with E-state index in [4.69, 9.17) is 0 Å². The third-order valence-corrected chi connectivity index (χ3v) is 3.72. The zero-order chi connectivity index (χ0) is 14.5. The molecule has 0 saturated heterocycles. The van der Waals surface area contributed by atoms with Crippen molar-refractivity contribution in [2.75, 3.05) is 6.54 Å². The summed E-state index contributed by atoms with van der Waals surface area (Å²) < 4.78 is 3.83. The van der Waals surface area contributed by atoms with Crippen LogP contribution >= 0.6 is 11.5 Å². The number of nitrogens with zero attached hydrogens (tertiary/aromatic N) is 2. The van der Waals surface area contributed by atoms with Crippen molar-refractivity contribution in [3.8, 4) is 0 Å². The van der Waals surface area contributed by atoms with Crippen LogP contribution in [0.15, 0.2) is 0 Å². The summed E-state index contributed by atoms with van der Waals surface area (Å²) in [6, 6.07) is 0. The van der Waals surface area contributed by atoms with Gasteiger partial charge in [0.1, 0.15) is 4.88 Å². The molecule has 0 bridgehead atoms. The Balaban J connectivity index is 2.45. The van der Waals surface area contributed by atoms with Crippen LogP contribution in [0.25, 0.3) is 0 Å². The molecule has 0 aliphatic carbocycles. The maximum Gasteiger partial charge on any atom is 0.264 e. The summed E-state index contributed by atoms with van der Waals surface area (Å²) in [5.41, 5.74) is 0.603. The van der Waals surface area contributed by atoms with Crippen molar-refractivity contribution < 1.29 is 9.90 Å². The number of hydrogen-bond acceptors (Lipinski definition) is 5. The highest BCUT2D eigenvalue weighted by atomic mass is 32.1. The lowest BCUT2D eigenvalue weighted by Crippen LogP contribution is -2.32. The maximum absolute atomic E-state index is 12.0. The van der Waals surface area contributed by atoms with Gasteiger partial charge in [0.2, 0.25) is 0 Å². The van der Waals surface area contributed by atoms with E-state index >= 15 is 0 Å². The van der Waals surface area contributed by atoms with Gasteiger partial charge in [-0.05, 0) is 29.8 Å². The lowest BCUT2D eigenvalue weighted by atomic mass is 9.87. The Morgan fingerprint density at radius 3 is 2.74 bits per heavy atom. The van der Waals surface area contributed by atoms with E-state index in [1.807, 2.05) is 27.7 Å². The summed E-state index contributed by atoms with van der Waals surface area (Å²) in [5.74, 6) is -0.139. The van der Waals surface area contributed by atoms with Crippen molar-refractivity contribution in [1.29, 1.82) is 0 Å². The number of carbonyl (C=O) groups is 1. The highest BCUT2D eigenvalue weighted by Crippen LogP contribution is 2.21. The molecule has 0 radical (unpaired) electrons. The van der Waals surface area contributed by atoms with E-state index in [0.717, 1.165) is 30.1 Å². The van der Waals surface area contributed by atoms with Crippen molar-refractivity contribution in [2.24, 2.45) is 5.41 Å². The molecule has 0 saturated carbocycles. The smallest absolute Gasteiger partial charge is 0.264 e. The van der Waals surface area contributed by atoms with Gasteiger partial charge in [0.15, 0.2) is 0 Å². The van der Waals surface area contributed by atoms with E-state index < -0.39 is 6.10 Å². The number of amides is 1. The van der Waals surface area contributed by atoms with E-state index in [1.165, 1.54) is 0 Å². The van der Waals surface area contributed by atoms with Gasteiger partial charge in [0, 0.05) is 6.54 Å². The van der Waals surface area contributed by atoms with Crippen molar-refractivity contribution in [2.45, 2.75) is 53.1 Å². The molecule has 1 rings (SSSR count). The molecule has 6 heteroatoms. The SMILES string of the molecule is CCCc1nnsc1C(=O)NCC[C@H](O)C(C)(C)C. The van der Waals surface area contributed by atoms with Gasteiger partial charge in [0.05, 0.1) is 11.8 Å². The van der Waals surface area contributed by atoms with Crippen LogP contribution in [0.1, 0.15) is 55.9 Å². The molecule has 0 spiro atoms. The highest BCUT2D eigenvalue weighted by Gasteiger charge is 2.22. The Morgan fingerprint density at radius 2 is 2.16 bits per heavy atom. The van der Waals surface area contributed by atoms with Crippen LogP contribution in [-0.2, 0) is 6.42 Å². The predicted octanol–water partition coefficient (Wildman–Crippen LogP) is 2.02. The normalized spacial score (nSPS) is 13.3. The van der Waals surface area contributed by atoms with Crippen molar-refractivity contribution in [1.82, 2.24) is 14.9 Å². The molecule has 0 aliphatic rings. The van der Waals surface area contributed by atoms with Gasteiger partial charge in [-0.1, -0.05) is 38.6 Å². The van der Waals surface area contributed by atoms with E-state index in [9.17, 15) is 9.90 Å². The number of nitrogens with one attached hydrogen (secondary N) is 1. The number of hydrogen-bond donors (Lipinski definition) is 2. The molecule has 5 nitrogen and oxygen atoms in total. The second kappa shape index (κ2) is 6.96. The quantitative estimate of drug-likeness (QED) is 0.838. The standard InChI is InChI=1S/C13H23N3O2S/c1-5-6-9-11(19-16-15-9)12(18)14-8-7-10(17)13(2,3)4/h10,17H,5-8H2,1-4H3,(H,14,18)/t10-/m0/s1. The molecular weight excluding hydrogens is 262 g/mol. The number of aryl methyl sites for hydroxylation is 1. The number of rotatable bonds is 6. The Bertz CT molecular complexity index is 412. The van der Waals surface area contributed by atoms with Crippen molar-refractivity contribution in [3.63, 3.8) is 0 Å². The zero-order valence-electron chi connectivity index (χ0n) is 12.1. The number of carbonyl (C=O) groups excluding carboxylic acids is 1. The van der Waals surface area contributed by atoms with Gasteiger partial charge in [-0.2, -0.15) is 0 Å². The molecule has 108 valence electrons. The average Bonchev–Trinajstić information content (AvgIpc) is 2.76. The third kappa shape index (κ3) is 4.87. The zero-order valence-corrected chi connectivity index (χ0v) is 12.9. The molecular formula is C13H23N3O2S. The fraction of sp³-hybridized carbons (Fsp3) is 0.769. The Kier molecular flexibility index (Phi) is 5.87. The Hall–Kier alpha value is -1.01.